The van der Waals surface area contributed by atoms with Gasteiger partial charge in [0.15, 0.2) is 0 Å². The minimum Gasteiger partial charge on any atom is -0.393 e. The molecule has 0 saturated heterocycles. The van der Waals surface area contributed by atoms with E-state index in [2.05, 4.69) is 6.92 Å². The molecule has 0 aromatic heterocycles. The van der Waals surface area contributed by atoms with Crippen LogP contribution in [-0.4, -0.2) is 29.4 Å². The van der Waals surface area contributed by atoms with Gasteiger partial charge >= 0.3 is 0 Å². The lowest BCUT2D eigenvalue weighted by Crippen LogP contribution is -2.21. The summed E-state index contributed by atoms with van der Waals surface area (Å²) in [6.07, 6.45) is 9.24. The first kappa shape index (κ1) is 19.9. The third kappa shape index (κ3) is 10.6. The van der Waals surface area contributed by atoms with Crippen molar-refractivity contribution in [3.8, 4) is 0 Å². The number of unbranched alkanes of at least 4 members (excludes halogenated alkanes) is 5. The van der Waals surface area contributed by atoms with Crippen LogP contribution >= 0.6 is 0 Å². The summed E-state index contributed by atoms with van der Waals surface area (Å²) in [5, 5.41) is 8.80. The summed E-state index contributed by atoms with van der Waals surface area (Å²) < 4.78 is 31.9. The molecule has 4 nitrogen and oxygen atoms in total. The van der Waals surface area contributed by atoms with E-state index in [-0.39, 0.29) is 6.10 Å². The first-order valence-corrected chi connectivity index (χ1v) is 9.56. The average molecular weight is 308 g/mol. The number of aliphatic hydroxyl groups excluding tert-OH is 1. The van der Waals surface area contributed by atoms with Crippen molar-refractivity contribution in [1.82, 2.24) is 0 Å². The van der Waals surface area contributed by atoms with Gasteiger partial charge in [0.1, 0.15) is 0 Å². The van der Waals surface area contributed by atoms with E-state index in [9.17, 15) is 18.1 Å². The number of hydrogen-bond donors (Lipinski definition) is 2. The van der Waals surface area contributed by atoms with E-state index in [1.165, 1.54) is 19.3 Å². The lowest BCUT2D eigenvalue weighted by atomic mass is 10.0. The fraction of sp³-hybridized carbons (Fsp3) is 1.00. The SMILES string of the molecule is CCCCCCCCC(CCCC(O)CC)S(=O)(=O)O. The summed E-state index contributed by atoms with van der Waals surface area (Å²) in [5.41, 5.74) is 0. The van der Waals surface area contributed by atoms with Gasteiger partial charge in [-0.3, -0.25) is 4.55 Å². The smallest absolute Gasteiger partial charge is 0.267 e. The Bertz CT molecular complexity index is 314. The lowest BCUT2D eigenvalue weighted by molar-refractivity contribution is 0.156. The van der Waals surface area contributed by atoms with Crippen molar-refractivity contribution in [1.29, 1.82) is 0 Å². The van der Waals surface area contributed by atoms with Crippen LogP contribution in [0.5, 0.6) is 0 Å². The highest BCUT2D eigenvalue weighted by Gasteiger charge is 2.22. The number of hydrogen-bond acceptors (Lipinski definition) is 3. The summed E-state index contributed by atoms with van der Waals surface area (Å²) in [6, 6.07) is 0. The van der Waals surface area contributed by atoms with Crippen LogP contribution in [-0.2, 0) is 10.1 Å². The van der Waals surface area contributed by atoms with Crippen LogP contribution in [0.4, 0.5) is 0 Å². The second-order valence-electron chi connectivity index (χ2n) is 5.69. The van der Waals surface area contributed by atoms with Crippen LogP contribution in [0, 0.1) is 0 Å². The molecule has 2 atom stereocenters. The molecule has 0 bridgehead atoms. The molecule has 0 fully saturated rings. The first-order valence-electron chi connectivity index (χ1n) is 8.06. The summed E-state index contributed by atoms with van der Waals surface area (Å²) in [6.45, 7) is 4.07. The maximum atomic E-state index is 11.3. The lowest BCUT2D eigenvalue weighted by Gasteiger charge is -2.15. The summed E-state index contributed by atoms with van der Waals surface area (Å²) in [7, 11) is -3.95. The Morgan fingerprint density at radius 3 is 1.95 bits per heavy atom. The van der Waals surface area contributed by atoms with Crippen LogP contribution in [0.3, 0.4) is 0 Å². The third-order valence-electron chi connectivity index (χ3n) is 3.84. The molecule has 0 rings (SSSR count). The fourth-order valence-corrected chi connectivity index (χ4v) is 3.31. The second-order valence-corrected chi connectivity index (χ2v) is 7.38. The van der Waals surface area contributed by atoms with Gasteiger partial charge in [-0.15, -0.1) is 0 Å². The zero-order valence-corrected chi connectivity index (χ0v) is 13.9. The largest absolute Gasteiger partial charge is 0.393 e. The molecule has 0 aliphatic heterocycles. The third-order valence-corrected chi connectivity index (χ3v) is 5.15. The molecule has 20 heavy (non-hydrogen) atoms. The Morgan fingerprint density at radius 1 is 0.850 bits per heavy atom. The maximum absolute atomic E-state index is 11.3. The van der Waals surface area contributed by atoms with E-state index in [1.807, 2.05) is 6.92 Å². The molecule has 0 spiro atoms. The fourth-order valence-electron chi connectivity index (χ4n) is 2.38. The van der Waals surface area contributed by atoms with Gasteiger partial charge in [0.25, 0.3) is 10.1 Å². The zero-order valence-electron chi connectivity index (χ0n) is 13.1. The van der Waals surface area contributed by atoms with Gasteiger partial charge in [0.2, 0.25) is 0 Å². The van der Waals surface area contributed by atoms with Crippen molar-refractivity contribution in [2.24, 2.45) is 0 Å². The van der Waals surface area contributed by atoms with E-state index in [1.54, 1.807) is 0 Å². The molecule has 0 aliphatic carbocycles. The highest BCUT2D eigenvalue weighted by Crippen LogP contribution is 2.18. The predicted octanol–water partition coefficient (Wildman–Crippen LogP) is 3.93. The molecule has 5 heteroatoms. The van der Waals surface area contributed by atoms with E-state index in [4.69, 9.17) is 0 Å². The molecule has 2 unspecified atom stereocenters. The van der Waals surface area contributed by atoms with Crippen LogP contribution < -0.4 is 0 Å². The molecule has 0 aliphatic rings. The van der Waals surface area contributed by atoms with Gasteiger partial charge in [0, 0.05) is 0 Å². The Hall–Kier alpha value is -0.130. The van der Waals surface area contributed by atoms with E-state index in [0.29, 0.717) is 32.1 Å². The van der Waals surface area contributed by atoms with Crippen molar-refractivity contribution >= 4 is 10.1 Å². The standard InChI is InChI=1S/C15H32O4S/c1-3-5-6-7-8-9-12-15(20(17,18)19)13-10-11-14(16)4-2/h14-16H,3-13H2,1-2H3,(H,17,18,19). The van der Waals surface area contributed by atoms with Gasteiger partial charge in [-0.05, 0) is 32.1 Å². The van der Waals surface area contributed by atoms with Gasteiger partial charge in [-0.25, -0.2) is 0 Å². The minimum atomic E-state index is -3.95. The minimum absolute atomic E-state index is 0.355. The normalized spacial score (nSPS) is 15.2. The molecular formula is C15H32O4S. The summed E-state index contributed by atoms with van der Waals surface area (Å²) in [4.78, 5) is 0. The van der Waals surface area contributed by atoms with Crippen molar-refractivity contribution < 1.29 is 18.1 Å². The van der Waals surface area contributed by atoms with E-state index in [0.717, 1.165) is 19.3 Å². The Balaban J connectivity index is 3.93. The summed E-state index contributed by atoms with van der Waals surface area (Å²) >= 11 is 0. The Morgan fingerprint density at radius 2 is 1.40 bits per heavy atom. The highest BCUT2D eigenvalue weighted by atomic mass is 32.2. The van der Waals surface area contributed by atoms with Gasteiger partial charge in [0.05, 0.1) is 11.4 Å². The quantitative estimate of drug-likeness (QED) is 0.399. The molecule has 0 aromatic rings. The molecule has 0 heterocycles. The van der Waals surface area contributed by atoms with Crippen molar-refractivity contribution in [3.05, 3.63) is 0 Å². The van der Waals surface area contributed by atoms with Gasteiger partial charge in [-0.1, -0.05) is 52.4 Å². The van der Waals surface area contributed by atoms with Gasteiger partial charge in [-0.2, -0.15) is 8.42 Å². The monoisotopic (exact) mass is 308 g/mol. The molecule has 0 radical (unpaired) electrons. The number of aliphatic hydroxyl groups is 1. The molecule has 0 aromatic carbocycles. The summed E-state index contributed by atoms with van der Waals surface area (Å²) in [5.74, 6) is 0. The molecular weight excluding hydrogens is 276 g/mol. The van der Waals surface area contributed by atoms with Crippen molar-refractivity contribution in [3.63, 3.8) is 0 Å². The number of rotatable bonds is 13. The van der Waals surface area contributed by atoms with Crippen LogP contribution in [0.25, 0.3) is 0 Å². The first-order chi connectivity index (χ1) is 9.41. The predicted molar refractivity (Wildman–Crippen MR) is 83.5 cm³/mol. The molecule has 122 valence electrons. The average Bonchev–Trinajstić information content (AvgIpc) is 2.38. The Kier molecular flexibility index (Phi) is 11.4. The maximum Gasteiger partial charge on any atom is 0.267 e. The zero-order chi connectivity index (χ0) is 15.4. The van der Waals surface area contributed by atoms with Crippen LogP contribution in [0.2, 0.25) is 0 Å². The van der Waals surface area contributed by atoms with E-state index < -0.39 is 15.4 Å². The van der Waals surface area contributed by atoms with Crippen LogP contribution in [0.1, 0.15) is 84.5 Å². The second kappa shape index (κ2) is 11.5. The Labute approximate surface area is 124 Å². The van der Waals surface area contributed by atoms with Crippen LogP contribution in [0.15, 0.2) is 0 Å². The van der Waals surface area contributed by atoms with Crippen molar-refractivity contribution in [2.75, 3.05) is 0 Å². The van der Waals surface area contributed by atoms with Gasteiger partial charge < -0.3 is 5.11 Å². The van der Waals surface area contributed by atoms with Crippen molar-refractivity contribution in [2.45, 2.75) is 95.8 Å². The molecule has 0 amide bonds. The van der Waals surface area contributed by atoms with E-state index >= 15 is 0 Å². The topological polar surface area (TPSA) is 74.6 Å². The highest BCUT2D eigenvalue weighted by molar-refractivity contribution is 7.86. The molecule has 0 saturated carbocycles. The molecule has 2 N–H and O–H groups in total.